The van der Waals surface area contributed by atoms with Crippen molar-refractivity contribution in [3.8, 4) is 5.75 Å². The maximum Gasteiger partial charge on any atom is 0.262 e. The smallest absolute Gasteiger partial charge is 0.262 e. The fourth-order valence-electron chi connectivity index (χ4n) is 4.16. The standard InChI is InChI=1S/C24H28ClN3O3/c25-18-6-9-20(10-7-18)31-17-23(29)26-19-8-11-22(27-12-4-5-13-27)21(16-19)24(30)28-14-2-1-3-15-28/h6-11,16H,1-5,12-15,17H2,(H,26,29). The van der Waals surface area contributed by atoms with E-state index in [1.807, 2.05) is 23.1 Å². The van der Waals surface area contributed by atoms with Crippen LogP contribution in [0.4, 0.5) is 11.4 Å². The van der Waals surface area contributed by atoms with Crippen molar-refractivity contribution in [2.24, 2.45) is 0 Å². The van der Waals surface area contributed by atoms with E-state index in [0.29, 0.717) is 22.0 Å². The van der Waals surface area contributed by atoms with Gasteiger partial charge >= 0.3 is 0 Å². The number of nitrogens with zero attached hydrogens (tertiary/aromatic N) is 2. The van der Waals surface area contributed by atoms with Crippen LogP contribution in [-0.4, -0.2) is 49.5 Å². The lowest BCUT2D eigenvalue weighted by molar-refractivity contribution is -0.118. The van der Waals surface area contributed by atoms with E-state index < -0.39 is 0 Å². The number of carbonyl (C=O) groups is 2. The molecule has 2 aromatic carbocycles. The molecule has 2 saturated heterocycles. The summed E-state index contributed by atoms with van der Waals surface area (Å²) in [6, 6.07) is 12.5. The summed E-state index contributed by atoms with van der Waals surface area (Å²) in [5.74, 6) is 0.347. The summed E-state index contributed by atoms with van der Waals surface area (Å²) >= 11 is 5.87. The minimum atomic E-state index is -0.278. The molecule has 2 fully saturated rings. The highest BCUT2D eigenvalue weighted by atomic mass is 35.5. The zero-order valence-electron chi connectivity index (χ0n) is 17.6. The highest BCUT2D eigenvalue weighted by molar-refractivity contribution is 6.30. The number of likely N-dealkylation sites (tertiary alicyclic amines) is 1. The van der Waals surface area contributed by atoms with Crippen LogP contribution in [0, 0.1) is 0 Å². The molecule has 0 atom stereocenters. The van der Waals surface area contributed by atoms with Crippen molar-refractivity contribution in [3.63, 3.8) is 0 Å². The second kappa shape index (κ2) is 10.1. The minimum absolute atomic E-state index is 0.0510. The summed E-state index contributed by atoms with van der Waals surface area (Å²) in [6.07, 6.45) is 5.54. The highest BCUT2D eigenvalue weighted by Gasteiger charge is 2.25. The van der Waals surface area contributed by atoms with Gasteiger partial charge in [-0.05, 0) is 74.6 Å². The summed E-state index contributed by atoms with van der Waals surface area (Å²) in [4.78, 5) is 29.9. The van der Waals surface area contributed by atoms with Gasteiger partial charge in [-0.3, -0.25) is 9.59 Å². The van der Waals surface area contributed by atoms with Gasteiger partial charge in [-0.2, -0.15) is 0 Å². The van der Waals surface area contributed by atoms with E-state index >= 15 is 0 Å². The summed E-state index contributed by atoms with van der Waals surface area (Å²) in [7, 11) is 0. The molecule has 0 saturated carbocycles. The number of nitrogens with one attached hydrogen (secondary N) is 1. The third-order valence-electron chi connectivity index (χ3n) is 5.78. The Morgan fingerprint density at radius 1 is 0.903 bits per heavy atom. The Labute approximate surface area is 188 Å². The van der Waals surface area contributed by atoms with E-state index in [1.54, 1.807) is 24.3 Å². The third kappa shape index (κ3) is 5.50. The predicted octanol–water partition coefficient (Wildman–Crippen LogP) is 4.58. The fraction of sp³-hybridized carbons (Fsp3) is 0.417. The quantitative estimate of drug-likeness (QED) is 0.712. The largest absolute Gasteiger partial charge is 0.484 e. The molecule has 1 N–H and O–H groups in total. The van der Waals surface area contributed by atoms with Gasteiger partial charge in [0.2, 0.25) is 0 Å². The third-order valence-corrected chi connectivity index (χ3v) is 6.04. The Morgan fingerprint density at radius 2 is 1.58 bits per heavy atom. The van der Waals surface area contributed by atoms with Gasteiger partial charge in [-0.25, -0.2) is 0 Å². The molecule has 4 rings (SSSR count). The second-order valence-corrected chi connectivity index (χ2v) is 8.51. The molecule has 7 heteroatoms. The molecule has 0 spiro atoms. The SMILES string of the molecule is O=C(COc1ccc(Cl)cc1)Nc1ccc(N2CCCC2)c(C(=O)N2CCCCC2)c1. The molecule has 2 aliphatic heterocycles. The Kier molecular flexibility index (Phi) is 6.97. The molecule has 0 aliphatic carbocycles. The molecule has 2 aromatic rings. The lowest BCUT2D eigenvalue weighted by Gasteiger charge is -2.29. The Morgan fingerprint density at radius 3 is 2.29 bits per heavy atom. The minimum Gasteiger partial charge on any atom is -0.484 e. The van der Waals surface area contributed by atoms with E-state index in [4.69, 9.17) is 16.3 Å². The molecule has 2 amide bonds. The molecule has 6 nitrogen and oxygen atoms in total. The van der Waals surface area contributed by atoms with Crippen molar-refractivity contribution in [3.05, 3.63) is 53.1 Å². The van der Waals surface area contributed by atoms with Crippen LogP contribution >= 0.6 is 11.6 Å². The van der Waals surface area contributed by atoms with Gasteiger partial charge in [0, 0.05) is 42.6 Å². The maximum absolute atomic E-state index is 13.3. The predicted molar refractivity (Wildman–Crippen MR) is 123 cm³/mol. The summed E-state index contributed by atoms with van der Waals surface area (Å²) < 4.78 is 5.52. The van der Waals surface area contributed by atoms with Gasteiger partial charge in [0.25, 0.3) is 11.8 Å². The number of anilines is 2. The van der Waals surface area contributed by atoms with Crippen molar-refractivity contribution in [2.45, 2.75) is 32.1 Å². The van der Waals surface area contributed by atoms with E-state index in [9.17, 15) is 9.59 Å². The van der Waals surface area contributed by atoms with Gasteiger partial charge in [0.1, 0.15) is 5.75 Å². The molecule has 164 valence electrons. The van der Waals surface area contributed by atoms with Crippen LogP contribution in [0.1, 0.15) is 42.5 Å². The molecule has 0 bridgehead atoms. The number of hydrogen-bond donors (Lipinski definition) is 1. The number of carbonyl (C=O) groups excluding carboxylic acids is 2. The number of rotatable bonds is 6. The van der Waals surface area contributed by atoms with Crippen LogP contribution < -0.4 is 15.0 Å². The molecule has 0 aromatic heterocycles. The molecule has 31 heavy (non-hydrogen) atoms. The van der Waals surface area contributed by atoms with Gasteiger partial charge < -0.3 is 19.9 Å². The molecule has 2 aliphatic rings. The van der Waals surface area contributed by atoms with Gasteiger partial charge in [0.15, 0.2) is 6.61 Å². The Balaban J connectivity index is 1.47. The van der Waals surface area contributed by atoms with Crippen LogP contribution in [0.3, 0.4) is 0 Å². The van der Waals surface area contributed by atoms with Crippen molar-refractivity contribution >= 4 is 34.8 Å². The molecule has 2 heterocycles. The first-order valence-electron chi connectivity index (χ1n) is 11.0. The average Bonchev–Trinajstić information content (AvgIpc) is 3.33. The lowest BCUT2D eigenvalue weighted by Crippen LogP contribution is -2.36. The summed E-state index contributed by atoms with van der Waals surface area (Å²) in [5.41, 5.74) is 2.23. The van der Waals surface area contributed by atoms with Crippen LogP contribution in [0.25, 0.3) is 0 Å². The van der Waals surface area contributed by atoms with Gasteiger partial charge in [-0.1, -0.05) is 11.6 Å². The first-order valence-corrected chi connectivity index (χ1v) is 11.3. The van der Waals surface area contributed by atoms with Crippen molar-refractivity contribution < 1.29 is 14.3 Å². The maximum atomic E-state index is 13.3. The zero-order valence-corrected chi connectivity index (χ0v) is 18.4. The first kappa shape index (κ1) is 21.5. The molecule has 0 radical (unpaired) electrons. The number of amides is 2. The fourth-order valence-corrected chi connectivity index (χ4v) is 4.29. The van der Waals surface area contributed by atoms with Crippen molar-refractivity contribution in [1.29, 1.82) is 0 Å². The Bertz CT molecular complexity index is 920. The van der Waals surface area contributed by atoms with Gasteiger partial charge in [0.05, 0.1) is 5.56 Å². The van der Waals surface area contributed by atoms with Crippen molar-refractivity contribution in [1.82, 2.24) is 4.90 Å². The van der Waals surface area contributed by atoms with Crippen LogP contribution in [0.5, 0.6) is 5.75 Å². The molecule has 0 unspecified atom stereocenters. The number of halogens is 1. The lowest BCUT2D eigenvalue weighted by atomic mass is 10.1. The second-order valence-electron chi connectivity index (χ2n) is 8.07. The van der Waals surface area contributed by atoms with E-state index in [0.717, 1.165) is 57.5 Å². The van der Waals surface area contributed by atoms with E-state index in [-0.39, 0.29) is 18.4 Å². The normalized spacial score (nSPS) is 16.3. The van der Waals surface area contributed by atoms with Gasteiger partial charge in [-0.15, -0.1) is 0 Å². The zero-order chi connectivity index (χ0) is 21.6. The topological polar surface area (TPSA) is 61.9 Å². The average molecular weight is 442 g/mol. The van der Waals surface area contributed by atoms with Crippen LogP contribution in [-0.2, 0) is 4.79 Å². The monoisotopic (exact) mass is 441 g/mol. The van der Waals surface area contributed by atoms with E-state index in [1.165, 1.54) is 6.42 Å². The molecular formula is C24H28ClN3O3. The number of hydrogen-bond acceptors (Lipinski definition) is 4. The Hall–Kier alpha value is -2.73. The van der Waals surface area contributed by atoms with Crippen LogP contribution in [0.15, 0.2) is 42.5 Å². The summed E-state index contributed by atoms with van der Waals surface area (Å²) in [6.45, 7) is 3.39. The van der Waals surface area contributed by atoms with Crippen LogP contribution in [0.2, 0.25) is 5.02 Å². The molecular weight excluding hydrogens is 414 g/mol. The van der Waals surface area contributed by atoms with Crippen molar-refractivity contribution in [2.75, 3.05) is 43.0 Å². The summed E-state index contributed by atoms with van der Waals surface area (Å²) in [5, 5.41) is 3.47. The highest BCUT2D eigenvalue weighted by Crippen LogP contribution is 2.29. The first-order chi connectivity index (χ1) is 15.1. The number of piperidine rings is 1. The van der Waals surface area contributed by atoms with E-state index in [2.05, 4.69) is 10.2 Å². The number of benzene rings is 2. The number of ether oxygens (including phenoxy) is 1.